The molecule has 0 radical (unpaired) electrons. The highest BCUT2D eigenvalue weighted by atomic mass is 16.5. The highest BCUT2D eigenvalue weighted by Gasteiger charge is 2.68. The molecule has 1 aliphatic rings. The van der Waals surface area contributed by atoms with Crippen LogP contribution in [0.4, 0.5) is 4.79 Å². The summed E-state index contributed by atoms with van der Waals surface area (Å²) in [7, 11) is 0. The first-order chi connectivity index (χ1) is 7.75. The van der Waals surface area contributed by atoms with E-state index >= 15 is 0 Å². The maximum absolute atomic E-state index is 11.9. The molecule has 0 aromatic rings. The van der Waals surface area contributed by atoms with E-state index in [1.807, 2.05) is 27.7 Å². The summed E-state index contributed by atoms with van der Waals surface area (Å²) in [6.45, 7) is 9.71. The van der Waals surface area contributed by atoms with E-state index < -0.39 is 5.54 Å². The lowest BCUT2D eigenvalue weighted by Crippen LogP contribution is -2.52. The molecule has 5 heteroatoms. The van der Waals surface area contributed by atoms with Gasteiger partial charge < -0.3 is 15.4 Å². The Labute approximate surface area is 102 Å². The number of hydrogen-bond donors (Lipinski definition) is 2. The van der Waals surface area contributed by atoms with Crippen LogP contribution in [0, 0.1) is 5.41 Å². The van der Waals surface area contributed by atoms with Crippen molar-refractivity contribution in [2.75, 3.05) is 6.61 Å². The SMILES string of the molecule is CCOC(=O)C1(NC(=O)NC(C)C)CC1(C)C. The van der Waals surface area contributed by atoms with Gasteiger partial charge in [-0.15, -0.1) is 0 Å². The minimum Gasteiger partial charge on any atom is -0.464 e. The summed E-state index contributed by atoms with van der Waals surface area (Å²) in [5.41, 5.74) is -1.10. The molecule has 1 atom stereocenters. The Hall–Kier alpha value is -1.26. The van der Waals surface area contributed by atoms with E-state index in [0.717, 1.165) is 0 Å². The minimum absolute atomic E-state index is 0.0381. The third-order valence-electron chi connectivity index (χ3n) is 3.11. The van der Waals surface area contributed by atoms with Gasteiger partial charge in [-0.2, -0.15) is 0 Å². The van der Waals surface area contributed by atoms with Crippen molar-refractivity contribution < 1.29 is 14.3 Å². The second-order valence-electron chi connectivity index (χ2n) is 5.44. The number of amides is 2. The number of esters is 1. The molecule has 0 aromatic heterocycles. The Morgan fingerprint density at radius 2 is 1.88 bits per heavy atom. The fraction of sp³-hybridized carbons (Fsp3) is 0.833. The molecule has 0 saturated heterocycles. The largest absolute Gasteiger partial charge is 0.464 e. The van der Waals surface area contributed by atoms with Crippen molar-refractivity contribution in [3.63, 3.8) is 0 Å². The van der Waals surface area contributed by atoms with Crippen molar-refractivity contribution in [3.8, 4) is 0 Å². The van der Waals surface area contributed by atoms with Crippen molar-refractivity contribution in [2.45, 2.75) is 52.6 Å². The van der Waals surface area contributed by atoms with Crippen molar-refractivity contribution in [1.82, 2.24) is 10.6 Å². The van der Waals surface area contributed by atoms with Gasteiger partial charge in [-0.25, -0.2) is 9.59 Å². The number of rotatable bonds is 4. The Morgan fingerprint density at radius 1 is 1.35 bits per heavy atom. The van der Waals surface area contributed by atoms with Crippen LogP contribution in [-0.2, 0) is 9.53 Å². The molecule has 2 amide bonds. The van der Waals surface area contributed by atoms with Crippen LogP contribution in [0.3, 0.4) is 0 Å². The molecule has 1 rings (SSSR count). The van der Waals surface area contributed by atoms with Crippen LogP contribution in [0.25, 0.3) is 0 Å². The Bertz CT molecular complexity index is 326. The Balaban J connectivity index is 2.69. The summed E-state index contributed by atoms with van der Waals surface area (Å²) in [6, 6.07) is -0.283. The molecule has 0 bridgehead atoms. The zero-order valence-corrected chi connectivity index (χ0v) is 11.2. The maximum Gasteiger partial charge on any atom is 0.332 e. The number of nitrogens with one attached hydrogen (secondary N) is 2. The molecule has 1 aliphatic carbocycles. The lowest BCUT2D eigenvalue weighted by Gasteiger charge is -2.21. The van der Waals surface area contributed by atoms with E-state index in [0.29, 0.717) is 13.0 Å². The van der Waals surface area contributed by atoms with Gasteiger partial charge >= 0.3 is 12.0 Å². The van der Waals surface area contributed by atoms with Crippen molar-refractivity contribution in [1.29, 1.82) is 0 Å². The van der Waals surface area contributed by atoms with E-state index in [9.17, 15) is 9.59 Å². The first kappa shape index (κ1) is 13.8. The minimum atomic E-state index is -0.859. The third-order valence-corrected chi connectivity index (χ3v) is 3.11. The number of hydrogen-bond acceptors (Lipinski definition) is 3. The molecule has 1 unspecified atom stereocenters. The van der Waals surface area contributed by atoms with Gasteiger partial charge in [0.1, 0.15) is 5.54 Å². The van der Waals surface area contributed by atoms with Crippen molar-refractivity contribution in [2.24, 2.45) is 5.41 Å². The van der Waals surface area contributed by atoms with Gasteiger partial charge in [-0.1, -0.05) is 13.8 Å². The predicted octanol–water partition coefficient (Wildman–Crippen LogP) is 1.43. The van der Waals surface area contributed by atoms with E-state index in [-0.39, 0.29) is 23.5 Å². The summed E-state index contributed by atoms with van der Waals surface area (Å²) in [5, 5.41) is 5.46. The molecule has 0 aromatic carbocycles. The molecule has 98 valence electrons. The van der Waals surface area contributed by atoms with Gasteiger partial charge in [0.05, 0.1) is 6.61 Å². The summed E-state index contributed by atoms with van der Waals surface area (Å²) in [6.07, 6.45) is 0.615. The van der Waals surface area contributed by atoms with Gasteiger partial charge in [0, 0.05) is 11.5 Å². The van der Waals surface area contributed by atoms with Gasteiger partial charge in [0.25, 0.3) is 0 Å². The maximum atomic E-state index is 11.9. The molecule has 17 heavy (non-hydrogen) atoms. The normalized spacial score (nSPS) is 25.3. The molecule has 0 aliphatic heterocycles. The van der Waals surface area contributed by atoms with Crippen LogP contribution in [0.5, 0.6) is 0 Å². The third kappa shape index (κ3) is 2.70. The molecule has 2 N–H and O–H groups in total. The first-order valence-electron chi connectivity index (χ1n) is 6.01. The van der Waals surface area contributed by atoms with Crippen LogP contribution in [0.2, 0.25) is 0 Å². The Kier molecular flexibility index (Phi) is 3.69. The second kappa shape index (κ2) is 4.55. The quantitative estimate of drug-likeness (QED) is 0.733. The zero-order valence-electron chi connectivity index (χ0n) is 11.2. The van der Waals surface area contributed by atoms with E-state index in [1.165, 1.54) is 0 Å². The average Bonchev–Trinajstić information content (AvgIpc) is 2.68. The molecule has 1 saturated carbocycles. The summed E-state index contributed by atoms with van der Waals surface area (Å²) < 4.78 is 5.03. The van der Waals surface area contributed by atoms with Crippen LogP contribution in [0.1, 0.15) is 41.0 Å². The first-order valence-corrected chi connectivity index (χ1v) is 6.01. The number of carbonyl (C=O) groups excluding carboxylic acids is 2. The Morgan fingerprint density at radius 3 is 2.24 bits per heavy atom. The molecule has 1 fully saturated rings. The standard InChI is InChI=1S/C12H22N2O3/c1-6-17-9(15)12(7-11(12,4)5)14-10(16)13-8(2)3/h8H,6-7H2,1-5H3,(H2,13,14,16). The molecule has 0 spiro atoms. The lowest BCUT2D eigenvalue weighted by molar-refractivity contribution is -0.147. The molecule has 5 nitrogen and oxygen atoms in total. The van der Waals surface area contributed by atoms with E-state index in [1.54, 1.807) is 6.92 Å². The summed E-state index contributed by atoms with van der Waals surface area (Å²) >= 11 is 0. The van der Waals surface area contributed by atoms with Gasteiger partial charge in [0.2, 0.25) is 0 Å². The fourth-order valence-corrected chi connectivity index (χ4v) is 1.98. The highest BCUT2D eigenvalue weighted by Crippen LogP contribution is 2.56. The zero-order chi connectivity index (χ0) is 13.3. The average molecular weight is 242 g/mol. The fourth-order valence-electron chi connectivity index (χ4n) is 1.98. The summed E-state index contributed by atoms with van der Waals surface area (Å²) in [5.74, 6) is -0.344. The van der Waals surface area contributed by atoms with Gasteiger partial charge in [-0.3, -0.25) is 0 Å². The number of carbonyl (C=O) groups is 2. The highest BCUT2D eigenvalue weighted by molar-refractivity contribution is 5.91. The number of urea groups is 1. The van der Waals surface area contributed by atoms with E-state index in [2.05, 4.69) is 10.6 Å². The van der Waals surface area contributed by atoms with Crippen LogP contribution >= 0.6 is 0 Å². The summed E-state index contributed by atoms with van der Waals surface area (Å²) in [4.78, 5) is 23.6. The van der Waals surface area contributed by atoms with Gasteiger partial charge in [0.15, 0.2) is 0 Å². The smallest absolute Gasteiger partial charge is 0.332 e. The van der Waals surface area contributed by atoms with Crippen LogP contribution in [0.15, 0.2) is 0 Å². The molecular weight excluding hydrogens is 220 g/mol. The molecular formula is C12H22N2O3. The second-order valence-corrected chi connectivity index (χ2v) is 5.44. The lowest BCUT2D eigenvalue weighted by atomic mass is 10.1. The predicted molar refractivity (Wildman–Crippen MR) is 64.6 cm³/mol. The molecule has 0 heterocycles. The van der Waals surface area contributed by atoms with Gasteiger partial charge in [-0.05, 0) is 27.2 Å². The topological polar surface area (TPSA) is 67.4 Å². The van der Waals surface area contributed by atoms with Crippen molar-refractivity contribution >= 4 is 12.0 Å². The van der Waals surface area contributed by atoms with E-state index in [4.69, 9.17) is 4.74 Å². The number of ether oxygens (including phenoxy) is 1. The van der Waals surface area contributed by atoms with Crippen LogP contribution in [-0.4, -0.2) is 30.2 Å². The van der Waals surface area contributed by atoms with Crippen molar-refractivity contribution in [3.05, 3.63) is 0 Å². The van der Waals surface area contributed by atoms with Crippen LogP contribution < -0.4 is 10.6 Å². The monoisotopic (exact) mass is 242 g/mol.